The van der Waals surface area contributed by atoms with Crippen LogP contribution in [0.5, 0.6) is 0 Å². The van der Waals surface area contributed by atoms with Gasteiger partial charge in [-0.25, -0.2) is 0 Å². The SMILES string of the molecule is COCc1ccc(C(=O)NN(Cc2ccccc2)c2ccccc2)cc1. The van der Waals surface area contributed by atoms with E-state index in [0.29, 0.717) is 18.7 Å². The minimum absolute atomic E-state index is 0.145. The van der Waals surface area contributed by atoms with Crippen LogP contribution in [-0.4, -0.2) is 13.0 Å². The summed E-state index contributed by atoms with van der Waals surface area (Å²) in [5.41, 5.74) is 6.71. The van der Waals surface area contributed by atoms with Crippen molar-refractivity contribution in [3.05, 3.63) is 102 Å². The van der Waals surface area contributed by atoms with Crippen LogP contribution in [0.4, 0.5) is 5.69 Å². The first-order valence-electron chi connectivity index (χ1n) is 8.51. The molecule has 0 radical (unpaired) electrons. The number of anilines is 1. The highest BCUT2D eigenvalue weighted by atomic mass is 16.5. The Bertz CT molecular complexity index is 818. The van der Waals surface area contributed by atoms with Gasteiger partial charge in [-0.05, 0) is 35.4 Å². The molecular formula is C22H22N2O2. The molecule has 3 aromatic carbocycles. The molecule has 0 aliphatic heterocycles. The van der Waals surface area contributed by atoms with E-state index in [1.807, 2.05) is 89.9 Å². The summed E-state index contributed by atoms with van der Waals surface area (Å²) in [4.78, 5) is 12.7. The van der Waals surface area contributed by atoms with Gasteiger partial charge in [0.1, 0.15) is 0 Å². The molecule has 0 saturated heterocycles. The maximum Gasteiger partial charge on any atom is 0.269 e. The fourth-order valence-corrected chi connectivity index (χ4v) is 2.68. The average Bonchev–Trinajstić information content (AvgIpc) is 2.70. The molecule has 4 nitrogen and oxygen atoms in total. The number of methoxy groups -OCH3 is 1. The van der Waals surface area contributed by atoms with Crippen LogP contribution >= 0.6 is 0 Å². The summed E-state index contributed by atoms with van der Waals surface area (Å²) < 4.78 is 5.11. The molecule has 0 heterocycles. The molecule has 0 bridgehead atoms. The highest BCUT2D eigenvalue weighted by molar-refractivity contribution is 5.95. The Balaban J connectivity index is 1.77. The van der Waals surface area contributed by atoms with Crippen molar-refractivity contribution in [2.75, 3.05) is 12.1 Å². The molecule has 4 heteroatoms. The number of benzene rings is 3. The second kappa shape index (κ2) is 8.83. The molecule has 3 aromatic rings. The van der Waals surface area contributed by atoms with E-state index < -0.39 is 0 Å². The zero-order valence-corrected chi connectivity index (χ0v) is 14.8. The Morgan fingerprint density at radius 3 is 2.08 bits per heavy atom. The molecule has 0 fully saturated rings. The number of amides is 1. The number of rotatable bonds is 7. The van der Waals surface area contributed by atoms with Crippen molar-refractivity contribution in [3.8, 4) is 0 Å². The summed E-state index contributed by atoms with van der Waals surface area (Å²) in [5.74, 6) is -0.145. The number of nitrogens with zero attached hydrogens (tertiary/aromatic N) is 1. The minimum Gasteiger partial charge on any atom is -0.380 e. The van der Waals surface area contributed by atoms with Gasteiger partial charge in [-0.1, -0.05) is 60.7 Å². The molecule has 0 unspecified atom stereocenters. The number of para-hydroxylation sites is 1. The molecule has 0 aliphatic rings. The molecule has 3 rings (SSSR count). The number of hydrogen-bond acceptors (Lipinski definition) is 3. The molecule has 1 N–H and O–H groups in total. The van der Waals surface area contributed by atoms with E-state index in [1.165, 1.54) is 0 Å². The molecule has 0 aliphatic carbocycles. The lowest BCUT2D eigenvalue weighted by Crippen LogP contribution is -2.42. The number of carbonyl (C=O) groups excluding carboxylic acids is 1. The average molecular weight is 346 g/mol. The number of hydrazine groups is 1. The fraction of sp³-hybridized carbons (Fsp3) is 0.136. The van der Waals surface area contributed by atoms with Gasteiger partial charge in [0.25, 0.3) is 5.91 Å². The lowest BCUT2D eigenvalue weighted by atomic mass is 10.1. The van der Waals surface area contributed by atoms with Gasteiger partial charge in [0.2, 0.25) is 0 Å². The number of ether oxygens (including phenoxy) is 1. The van der Waals surface area contributed by atoms with Crippen molar-refractivity contribution in [1.29, 1.82) is 0 Å². The summed E-state index contributed by atoms with van der Waals surface area (Å²) in [6, 6.07) is 27.3. The smallest absolute Gasteiger partial charge is 0.269 e. The van der Waals surface area contributed by atoms with Crippen LogP contribution in [0.3, 0.4) is 0 Å². The third kappa shape index (κ3) is 4.71. The van der Waals surface area contributed by atoms with E-state index in [1.54, 1.807) is 7.11 Å². The van der Waals surface area contributed by atoms with Gasteiger partial charge < -0.3 is 4.74 Å². The minimum atomic E-state index is -0.145. The van der Waals surface area contributed by atoms with Gasteiger partial charge in [-0.2, -0.15) is 0 Å². The van der Waals surface area contributed by atoms with E-state index in [-0.39, 0.29) is 5.91 Å². The van der Waals surface area contributed by atoms with Crippen molar-refractivity contribution < 1.29 is 9.53 Å². The van der Waals surface area contributed by atoms with E-state index >= 15 is 0 Å². The Morgan fingerprint density at radius 1 is 0.846 bits per heavy atom. The second-order valence-corrected chi connectivity index (χ2v) is 5.98. The molecule has 132 valence electrons. The molecule has 0 atom stereocenters. The molecule has 1 amide bonds. The van der Waals surface area contributed by atoms with Crippen LogP contribution in [-0.2, 0) is 17.9 Å². The maximum atomic E-state index is 12.7. The fourth-order valence-electron chi connectivity index (χ4n) is 2.68. The summed E-state index contributed by atoms with van der Waals surface area (Å²) in [6.45, 7) is 1.12. The highest BCUT2D eigenvalue weighted by Crippen LogP contribution is 2.15. The largest absolute Gasteiger partial charge is 0.380 e. The van der Waals surface area contributed by atoms with Crippen molar-refractivity contribution in [2.45, 2.75) is 13.2 Å². The van der Waals surface area contributed by atoms with Gasteiger partial charge in [0.15, 0.2) is 0 Å². The van der Waals surface area contributed by atoms with Gasteiger partial charge in [-0.3, -0.25) is 15.2 Å². The number of nitrogens with one attached hydrogen (secondary N) is 1. The first kappa shape index (κ1) is 17.7. The van der Waals surface area contributed by atoms with Crippen molar-refractivity contribution in [3.63, 3.8) is 0 Å². The molecule has 0 aromatic heterocycles. The van der Waals surface area contributed by atoms with Crippen molar-refractivity contribution in [2.24, 2.45) is 0 Å². The van der Waals surface area contributed by atoms with Gasteiger partial charge in [0, 0.05) is 12.7 Å². The van der Waals surface area contributed by atoms with E-state index in [9.17, 15) is 4.79 Å². The van der Waals surface area contributed by atoms with Crippen LogP contribution < -0.4 is 10.4 Å². The van der Waals surface area contributed by atoms with Crippen LogP contribution in [0.1, 0.15) is 21.5 Å². The van der Waals surface area contributed by atoms with Crippen molar-refractivity contribution >= 4 is 11.6 Å². The normalized spacial score (nSPS) is 10.3. The van der Waals surface area contributed by atoms with E-state index in [0.717, 1.165) is 16.8 Å². The van der Waals surface area contributed by atoms with Crippen LogP contribution in [0.2, 0.25) is 0 Å². The lowest BCUT2D eigenvalue weighted by molar-refractivity contribution is 0.0948. The van der Waals surface area contributed by atoms with Crippen LogP contribution in [0.25, 0.3) is 0 Å². The van der Waals surface area contributed by atoms with Gasteiger partial charge in [-0.15, -0.1) is 0 Å². The number of hydrogen-bond donors (Lipinski definition) is 1. The first-order chi connectivity index (χ1) is 12.8. The predicted molar refractivity (Wildman–Crippen MR) is 104 cm³/mol. The summed E-state index contributed by atoms with van der Waals surface area (Å²) >= 11 is 0. The Labute approximate surface area is 154 Å². The second-order valence-electron chi connectivity index (χ2n) is 5.98. The topological polar surface area (TPSA) is 41.6 Å². The monoisotopic (exact) mass is 346 g/mol. The quantitative estimate of drug-likeness (QED) is 0.653. The Morgan fingerprint density at radius 2 is 1.46 bits per heavy atom. The molecule has 0 saturated carbocycles. The maximum absolute atomic E-state index is 12.7. The Kier molecular flexibility index (Phi) is 6.01. The standard InChI is InChI=1S/C22H22N2O2/c1-26-17-19-12-14-20(15-13-19)22(25)23-24(21-10-6-3-7-11-21)16-18-8-4-2-5-9-18/h2-15H,16-17H2,1H3,(H,23,25). The van der Waals surface area contributed by atoms with Crippen LogP contribution in [0, 0.1) is 0 Å². The van der Waals surface area contributed by atoms with Gasteiger partial charge in [0.05, 0.1) is 18.8 Å². The summed E-state index contributed by atoms with van der Waals surface area (Å²) in [5, 5.41) is 1.86. The van der Waals surface area contributed by atoms with E-state index in [2.05, 4.69) is 5.43 Å². The molecular weight excluding hydrogens is 324 g/mol. The van der Waals surface area contributed by atoms with E-state index in [4.69, 9.17) is 4.74 Å². The summed E-state index contributed by atoms with van der Waals surface area (Å²) in [6.07, 6.45) is 0. The Hall–Kier alpha value is -3.11. The lowest BCUT2D eigenvalue weighted by Gasteiger charge is -2.25. The summed E-state index contributed by atoms with van der Waals surface area (Å²) in [7, 11) is 1.65. The van der Waals surface area contributed by atoms with Gasteiger partial charge >= 0.3 is 0 Å². The van der Waals surface area contributed by atoms with Crippen molar-refractivity contribution in [1.82, 2.24) is 5.43 Å². The molecule has 26 heavy (non-hydrogen) atoms. The molecule has 0 spiro atoms. The predicted octanol–water partition coefficient (Wildman–Crippen LogP) is 4.18. The highest BCUT2D eigenvalue weighted by Gasteiger charge is 2.12. The third-order valence-corrected chi connectivity index (χ3v) is 4.02. The first-order valence-corrected chi connectivity index (χ1v) is 8.51. The zero-order chi connectivity index (χ0) is 18.2. The van der Waals surface area contributed by atoms with Crippen LogP contribution in [0.15, 0.2) is 84.9 Å². The number of carbonyl (C=O) groups is 1. The zero-order valence-electron chi connectivity index (χ0n) is 14.8. The third-order valence-electron chi connectivity index (χ3n) is 4.02.